The van der Waals surface area contributed by atoms with Crippen LogP contribution < -0.4 is 5.32 Å². The predicted molar refractivity (Wildman–Crippen MR) is 91.9 cm³/mol. The number of benzene rings is 2. The van der Waals surface area contributed by atoms with Crippen molar-refractivity contribution in [3.63, 3.8) is 0 Å². The lowest BCUT2D eigenvalue weighted by atomic mass is 10.00. The predicted octanol–water partition coefficient (Wildman–Crippen LogP) is 3.50. The third-order valence-electron chi connectivity index (χ3n) is 4.45. The van der Waals surface area contributed by atoms with E-state index in [-0.39, 0.29) is 23.9 Å². The Morgan fingerprint density at radius 3 is 2.42 bits per heavy atom. The molecule has 1 saturated carbocycles. The van der Waals surface area contributed by atoms with Crippen molar-refractivity contribution in [2.45, 2.75) is 32.2 Å². The van der Waals surface area contributed by atoms with Gasteiger partial charge >= 0.3 is 5.97 Å². The average molecular weight is 323 g/mol. The van der Waals surface area contributed by atoms with E-state index in [0.717, 1.165) is 18.4 Å². The number of carboxylic acid groups (broad SMARTS) is 1. The maximum Gasteiger partial charge on any atom is 0.335 e. The highest BCUT2D eigenvalue weighted by Gasteiger charge is 2.33. The first-order valence-corrected chi connectivity index (χ1v) is 8.21. The lowest BCUT2D eigenvalue weighted by molar-refractivity contribution is -0.121. The molecule has 2 aromatic rings. The minimum absolute atomic E-state index is 0.00934. The SMILES string of the molecule is Cc1ccc(C(NC(=O)Cc2ccccc2C(=O)O)C2CC2)cc1. The summed E-state index contributed by atoms with van der Waals surface area (Å²) in [6.45, 7) is 2.04. The van der Waals surface area contributed by atoms with Gasteiger partial charge in [-0.3, -0.25) is 4.79 Å². The second-order valence-corrected chi connectivity index (χ2v) is 6.43. The van der Waals surface area contributed by atoms with Gasteiger partial charge in [-0.25, -0.2) is 4.79 Å². The third-order valence-corrected chi connectivity index (χ3v) is 4.45. The second kappa shape index (κ2) is 6.87. The van der Waals surface area contributed by atoms with Crippen LogP contribution >= 0.6 is 0 Å². The van der Waals surface area contributed by atoms with Gasteiger partial charge in [-0.1, -0.05) is 48.0 Å². The van der Waals surface area contributed by atoms with Crippen LogP contribution in [0.15, 0.2) is 48.5 Å². The smallest absolute Gasteiger partial charge is 0.335 e. The molecule has 1 amide bonds. The van der Waals surface area contributed by atoms with Gasteiger partial charge in [0.05, 0.1) is 18.0 Å². The van der Waals surface area contributed by atoms with Crippen LogP contribution in [-0.4, -0.2) is 17.0 Å². The Morgan fingerprint density at radius 1 is 1.12 bits per heavy atom. The van der Waals surface area contributed by atoms with Crippen molar-refractivity contribution in [2.24, 2.45) is 5.92 Å². The fourth-order valence-corrected chi connectivity index (χ4v) is 2.96. The molecular weight excluding hydrogens is 302 g/mol. The van der Waals surface area contributed by atoms with E-state index in [2.05, 4.69) is 29.6 Å². The minimum Gasteiger partial charge on any atom is -0.478 e. The van der Waals surface area contributed by atoms with E-state index in [0.29, 0.717) is 11.5 Å². The summed E-state index contributed by atoms with van der Waals surface area (Å²) in [6, 6.07) is 14.9. The van der Waals surface area contributed by atoms with Crippen LogP contribution in [0.3, 0.4) is 0 Å². The van der Waals surface area contributed by atoms with Crippen molar-refractivity contribution < 1.29 is 14.7 Å². The molecule has 2 N–H and O–H groups in total. The lowest BCUT2D eigenvalue weighted by Crippen LogP contribution is -2.31. The highest BCUT2D eigenvalue weighted by Crippen LogP contribution is 2.41. The van der Waals surface area contributed by atoms with E-state index in [1.807, 2.05) is 6.92 Å². The van der Waals surface area contributed by atoms with Crippen molar-refractivity contribution in [3.8, 4) is 0 Å². The Balaban J connectivity index is 1.73. The molecule has 0 radical (unpaired) electrons. The van der Waals surface area contributed by atoms with E-state index < -0.39 is 5.97 Å². The van der Waals surface area contributed by atoms with Crippen molar-refractivity contribution in [1.29, 1.82) is 0 Å². The molecule has 4 nitrogen and oxygen atoms in total. The molecule has 0 saturated heterocycles. The number of hydrogen-bond donors (Lipinski definition) is 2. The molecule has 1 unspecified atom stereocenters. The summed E-state index contributed by atoms with van der Waals surface area (Å²) in [6.07, 6.45) is 2.31. The number of carbonyl (C=O) groups is 2. The van der Waals surface area contributed by atoms with Crippen LogP contribution in [0.5, 0.6) is 0 Å². The maximum absolute atomic E-state index is 12.5. The van der Waals surface area contributed by atoms with Gasteiger partial charge in [-0.15, -0.1) is 0 Å². The molecule has 1 fully saturated rings. The number of nitrogens with one attached hydrogen (secondary N) is 1. The topological polar surface area (TPSA) is 66.4 Å². The summed E-state index contributed by atoms with van der Waals surface area (Å²) in [5.41, 5.74) is 3.03. The molecule has 0 bridgehead atoms. The molecule has 2 aromatic carbocycles. The number of aromatic carboxylic acids is 1. The van der Waals surface area contributed by atoms with Crippen molar-refractivity contribution in [2.75, 3.05) is 0 Å². The summed E-state index contributed by atoms with van der Waals surface area (Å²) >= 11 is 0. The number of rotatable bonds is 6. The van der Waals surface area contributed by atoms with Crippen molar-refractivity contribution >= 4 is 11.9 Å². The van der Waals surface area contributed by atoms with Gasteiger partial charge in [0, 0.05) is 0 Å². The molecule has 1 aliphatic rings. The Bertz CT molecular complexity index is 748. The summed E-state index contributed by atoms with van der Waals surface area (Å²) in [7, 11) is 0. The summed E-state index contributed by atoms with van der Waals surface area (Å²) in [5.74, 6) is -0.664. The molecule has 4 heteroatoms. The molecule has 24 heavy (non-hydrogen) atoms. The first-order valence-electron chi connectivity index (χ1n) is 8.21. The fourth-order valence-electron chi connectivity index (χ4n) is 2.96. The Hall–Kier alpha value is -2.62. The standard InChI is InChI=1S/C20H21NO3/c1-13-6-8-14(9-7-13)19(15-10-11-15)21-18(22)12-16-4-2-3-5-17(16)20(23)24/h2-9,15,19H,10-12H2,1H3,(H,21,22)(H,23,24). The minimum atomic E-state index is -1.00. The fraction of sp³-hybridized carbons (Fsp3) is 0.300. The Kier molecular flexibility index (Phi) is 4.65. The van der Waals surface area contributed by atoms with Gasteiger partial charge in [0.2, 0.25) is 5.91 Å². The molecule has 124 valence electrons. The second-order valence-electron chi connectivity index (χ2n) is 6.43. The molecule has 1 atom stereocenters. The largest absolute Gasteiger partial charge is 0.478 e. The van der Waals surface area contributed by atoms with Crippen LogP contribution in [0, 0.1) is 12.8 Å². The normalized spacial score (nSPS) is 14.9. The van der Waals surface area contributed by atoms with Gasteiger partial charge in [-0.05, 0) is 42.9 Å². The van der Waals surface area contributed by atoms with Gasteiger partial charge in [0.15, 0.2) is 0 Å². The number of carboxylic acids is 1. The Morgan fingerprint density at radius 2 is 1.79 bits per heavy atom. The number of amides is 1. The summed E-state index contributed by atoms with van der Waals surface area (Å²) in [4.78, 5) is 23.7. The van der Waals surface area contributed by atoms with Crippen LogP contribution in [0.1, 0.15) is 45.9 Å². The van der Waals surface area contributed by atoms with Gasteiger partial charge in [0.25, 0.3) is 0 Å². The molecule has 0 aromatic heterocycles. The molecule has 1 aliphatic carbocycles. The van der Waals surface area contributed by atoms with E-state index in [9.17, 15) is 14.7 Å². The molecule has 0 heterocycles. The maximum atomic E-state index is 12.5. The number of aryl methyl sites for hydroxylation is 1. The van der Waals surface area contributed by atoms with Gasteiger partial charge in [0.1, 0.15) is 0 Å². The van der Waals surface area contributed by atoms with Gasteiger partial charge < -0.3 is 10.4 Å². The van der Waals surface area contributed by atoms with Crippen LogP contribution in [0.2, 0.25) is 0 Å². The lowest BCUT2D eigenvalue weighted by Gasteiger charge is -2.19. The van der Waals surface area contributed by atoms with Crippen LogP contribution in [0.25, 0.3) is 0 Å². The Labute approximate surface area is 141 Å². The quantitative estimate of drug-likeness (QED) is 0.855. The summed E-state index contributed by atoms with van der Waals surface area (Å²) < 4.78 is 0. The third kappa shape index (κ3) is 3.82. The molecule has 0 spiro atoms. The zero-order valence-electron chi connectivity index (χ0n) is 13.7. The van der Waals surface area contributed by atoms with Crippen molar-refractivity contribution in [1.82, 2.24) is 5.32 Å². The van der Waals surface area contributed by atoms with Crippen molar-refractivity contribution in [3.05, 3.63) is 70.8 Å². The molecule has 0 aliphatic heterocycles. The van der Waals surface area contributed by atoms with E-state index in [1.54, 1.807) is 18.2 Å². The molecule has 3 rings (SSSR count). The molecular formula is C20H21NO3. The zero-order valence-corrected chi connectivity index (χ0v) is 13.7. The van der Waals surface area contributed by atoms with Crippen LogP contribution in [0.4, 0.5) is 0 Å². The van der Waals surface area contributed by atoms with Gasteiger partial charge in [-0.2, -0.15) is 0 Å². The van der Waals surface area contributed by atoms with E-state index >= 15 is 0 Å². The zero-order chi connectivity index (χ0) is 17.1. The highest BCUT2D eigenvalue weighted by molar-refractivity contribution is 5.91. The monoisotopic (exact) mass is 323 g/mol. The number of hydrogen-bond acceptors (Lipinski definition) is 2. The first-order chi connectivity index (χ1) is 11.5. The van der Waals surface area contributed by atoms with E-state index in [1.165, 1.54) is 11.6 Å². The first kappa shape index (κ1) is 16.2. The van der Waals surface area contributed by atoms with E-state index in [4.69, 9.17) is 0 Å². The summed E-state index contributed by atoms with van der Waals surface area (Å²) in [5, 5.41) is 12.3. The van der Waals surface area contributed by atoms with Crippen LogP contribution in [-0.2, 0) is 11.2 Å². The highest BCUT2D eigenvalue weighted by atomic mass is 16.4. The average Bonchev–Trinajstić information content (AvgIpc) is 3.39. The number of carbonyl (C=O) groups excluding carboxylic acids is 1.